The summed E-state index contributed by atoms with van der Waals surface area (Å²) in [5.41, 5.74) is 1.16. The molecule has 0 bridgehead atoms. The maximum atomic E-state index is 12.7. The molecular formula is C23H29N3O4. The summed E-state index contributed by atoms with van der Waals surface area (Å²) in [5, 5.41) is 0. The lowest BCUT2D eigenvalue weighted by Crippen LogP contribution is -2.51. The van der Waals surface area contributed by atoms with Gasteiger partial charge < -0.3 is 24.0 Å². The van der Waals surface area contributed by atoms with Crippen LogP contribution in [0, 0.1) is 0 Å². The van der Waals surface area contributed by atoms with E-state index in [2.05, 4.69) is 21.9 Å². The van der Waals surface area contributed by atoms with Crippen molar-refractivity contribution in [2.45, 2.75) is 6.10 Å². The first kappa shape index (κ1) is 20.3. The smallest absolute Gasteiger partial charge is 0.236 e. The van der Waals surface area contributed by atoms with Crippen molar-refractivity contribution < 1.29 is 19.0 Å². The van der Waals surface area contributed by atoms with E-state index in [1.807, 2.05) is 43.4 Å². The number of carbonyl (C=O) groups is 1. The number of hydrogen-bond acceptors (Lipinski definition) is 6. The second kappa shape index (κ2) is 9.26. The molecule has 2 heterocycles. The summed E-state index contributed by atoms with van der Waals surface area (Å²) in [6.07, 6.45) is -0.154. The van der Waals surface area contributed by atoms with Crippen LogP contribution in [0.2, 0.25) is 0 Å². The van der Waals surface area contributed by atoms with Crippen molar-refractivity contribution in [1.82, 2.24) is 9.80 Å². The Morgan fingerprint density at radius 3 is 2.63 bits per heavy atom. The van der Waals surface area contributed by atoms with Gasteiger partial charge in [-0.3, -0.25) is 9.69 Å². The molecule has 2 aliphatic rings. The van der Waals surface area contributed by atoms with E-state index in [0.29, 0.717) is 19.7 Å². The lowest BCUT2D eigenvalue weighted by atomic mass is 10.2. The summed E-state index contributed by atoms with van der Waals surface area (Å²) in [5.74, 6) is 2.47. The van der Waals surface area contributed by atoms with Crippen molar-refractivity contribution in [1.29, 1.82) is 0 Å². The lowest BCUT2D eigenvalue weighted by molar-refractivity contribution is -0.132. The number of likely N-dealkylation sites (N-methyl/N-ethyl adjacent to an activating group) is 1. The van der Waals surface area contributed by atoms with Crippen molar-refractivity contribution in [2.24, 2.45) is 0 Å². The topological polar surface area (TPSA) is 54.5 Å². The first-order valence-corrected chi connectivity index (χ1v) is 10.4. The van der Waals surface area contributed by atoms with E-state index in [1.54, 1.807) is 12.0 Å². The normalized spacial score (nSPS) is 18.7. The summed E-state index contributed by atoms with van der Waals surface area (Å²) >= 11 is 0. The number of para-hydroxylation sites is 2. The molecule has 7 nitrogen and oxygen atoms in total. The van der Waals surface area contributed by atoms with Crippen LogP contribution >= 0.6 is 0 Å². The number of anilines is 1. The molecule has 4 rings (SSSR count). The van der Waals surface area contributed by atoms with Gasteiger partial charge in [-0.2, -0.15) is 0 Å². The predicted octanol–water partition coefficient (Wildman–Crippen LogP) is 2.12. The minimum absolute atomic E-state index is 0.104. The Balaban J connectivity index is 1.23. The third-order valence-corrected chi connectivity index (χ3v) is 5.62. The van der Waals surface area contributed by atoms with Crippen LogP contribution in [-0.4, -0.2) is 81.8 Å². The molecule has 2 aliphatic heterocycles. The minimum atomic E-state index is -0.154. The zero-order valence-corrected chi connectivity index (χ0v) is 17.6. The fraction of sp³-hybridized carbons (Fsp3) is 0.435. The van der Waals surface area contributed by atoms with Gasteiger partial charge in [-0.05, 0) is 24.3 Å². The fourth-order valence-corrected chi connectivity index (χ4v) is 3.84. The van der Waals surface area contributed by atoms with E-state index < -0.39 is 0 Å². The molecule has 7 heteroatoms. The van der Waals surface area contributed by atoms with Gasteiger partial charge in [0.25, 0.3) is 0 Å². The summed E-state index contributed by atoms with van der Waals surface area (Å²) < 4.78 is 17.0. The van der Waals surface area contributed by atoms with Crippen molar-refractivity contribution in [3.63, 3.8) is 0 Å². The van der Waals surface area contributed by atoms with E-state index in [4.69, 9.17) is 14.2 Å². The standard InChI is InChI=1S/C23H29N3O4/c1-24(15-20-17-29-21-8-3-4-9-22(21)30-20)23(27)16-25-10-12-26(13-11-25)18-6-5-7-19(14-18)28-2/h3-9,14,20H,10-13,15-17H2,1-2H3/t20-/m1/s1. The third-order valence-electron chi connectivity index (χ3n) is 5.62. The molecule has 0 aromatic heterocycles. The zero-order chi connectivity index (χ0) is 20.9. The predicted molar refractivity (Wildman–Crippen MR) is 116 cm³/mol. The SMILES string of the molecule is COc1cccc(N2CCN(CC(=O)N(C)C[C@@H]3COc4ccccc4O3)CC2)c1. The van der Waals surface area contributed by atoms with Crippen LogP contribution in [0.1, 0.15) is 0 Å². The highest BCUT2D eigenvalue weighted by Crippen LogP contribution is 2.31. The molecular weight excluding hydrogens is 382 g/mol. The second-order valence-electron chi connectivity index (χ2n) is 7.74. The van der Waals surface area contributed by atoms with Crippen LogP contribution in [0.5, 0.6) is 17.2 Å². The Labute approximate surface area is 177 Å². The number of nitrogens with zero attached hydrogens (tertiary/aromatic N) is 3. The molecule has 0 radical (unpaired) electrons. The molecule has 0 N–H and O–H groups in total. The Kier molecular flexibility index (Phi) is 6.28. The van der Waals surface area contributed by atoms with Gasteiger partial charge in [0.1, 0.15) is 12.4 Å². The van der Waals surface area contributed by atoms with E-state index >= 15 is 0 Å². The van der Waals surface area contributed by atoms with Crippen molar-refractivity contribution in [2.75, 3.05) is 64.9 Å². The molecule has 0 spiro atoms. The van der Waals surface area contributed by atoms with Crippen LogP contribution in [-0.2, 0) is 4.79 Å². The Hall–Kier alpha value is -2.93. The van der Waals surface area contributed by atoms with Gasteiger partial charge in [-0.25, -0.2) is 0 Å². The number of rotatable bonds is 6. The van der Waals surface area contributed by atoms with Gasteiger partial charge in [-0.15, -0.1) is 0 Å². The molecule has 0 saturated carbocycles. The molecule has 2 aromatic carbocycles. The molecule has 30 heavy (non-hydrogen) atoms. The van der Waals surface area contributed by atoms with Crippen LogP contribution in [0.4, 0.5) is 5.69 Å². The van der Waals surface area contributed by atoms with Crippen molar-refractivity contribution >= 4 is 11.6 Å². The Bertz CT molecular complexity index is 867. The summed E-state index contributed by atoms with van der Waals surface area (Å²) in [6, 6.07) is 15.7. The maximum absolute atomic E-state index is 12.7. The van der Waals surface area contributed by atoms with Crippen molar-refractivity contribution in [3.05, 3.63) is 48.5 Å². The first-order valence-electron chi connectivity index (χ1n) is 10.4. The molecule has 1 fully saturated rings. The van der Waals surface area contributed by atoms with Crippen LogP contribution in [0.3, 0.4) is 0 Å². The van der Waals surface area contributed by atoms with Crippen LogP contribution < -0.4 is 19.1 Å². The van der Waals surface area contributed by atoms with Crippen LogP contribution in [0.15, 0.2) is 48.5 Å². The number of fused-ring (bicyclic) bond motifs is 1. The second-order valence-corrected chi connectivity index (χ2v) is 7.74. The van der Waals surface area contributed by atoms with Crippen molar-refractivity contribution in [3.8, 4) is 17.2 Å². The van der Waals surface area contributed by atoms with Gasteiger partial charge in [0, 0.05) is 45.0 Å². The molecule has 0 aliphatic carbocycles. The zero-order valence-electron chi connectivity index (χ0n) is 17.6. The summed E-state index contributed by atoms with van der Waals surface area (Å²) in [4.78, 5) is 19.0. The minimum Gasteiger partial charge on any atom is -0.497 e. The molecule has 160 valence electrons. The number of carbonyl (C=O) groups excluding carboxylic acids is 1. The number of methoxy groups -OCH3 is 1. The highest BCUT2D eigenvalue weighted by molar-refractivity contribution is 5.78. The fourth-order valence-electron chi connectivity index (χ4n) is 3.84. The number of benzene rings is 2. The quantitative estimate of drug-likeness (QED) is 0.726. The third kappa shape index (κ3) is 4.79. The number of hydrogen-bond donors (Lipinski definition) is 0. The number of ether oxygens (including phenoxy) is 3. The highest BCUT2D eigenvalue weighted by atomic mass is 16.6. The Morgan fingerprint density at radius 2 is 1.87 bits per heavy atom. The lowest BCUT2D eigenvalue weighted by Gasteiger charge is -2.36. The molecule has 1 amide bonds. The summed E-state index contributed by atoms with van der Waals surface area (Å²) in [7, 11) is 3.51. The van der Waals surface area contributed by atoms with Crippen LogP contribution in [0.25, 0.3) is 0 Å². The van der Waals surface area contributed by atoms with Gasteiger partial charge in [0.15, 0.2) is 17.6 Å². The average Bonchev–Trinajstić information content (AvgIpc) is 2.79. The number of amides is 1. The van der Waals surface area contributed by atoms with Gasteiger partial charge in [0.05, 0.1) is 20.2 Å². The van der Waals surface area contributed by atoms with Gasteiger partial charge >= 0.3 is 0 Å². The number of piperazine rings is 1. The Morgan fingerprint density at radius 1 is 1.10 bits per heavy atom. The van der Waals surface area contributed by atoms with Gasteiger partial charge in [-0.1, -0.05) is 18.2 Å². The van der Waals surface area contributed by atoms with E-state index in [0.717, 1.165) is 49.1 Å². The maximum Gasteiger partial charge on any atom is 0.236 e. The van der Waals surface area contributed by atoms with E-state index in [9.17, 15) is 4.79 Å². The molecule has 2 aromatic rings. The molecule has 0 unspecified atom stereocenters. The molecule has 1 atom stereocenters. The largest absolute Gasteiger partial charge is 0.497 e. The van der Waals surface area contributed by atoms with E-state index in [1.165, 1.54) is 0 Å². The first-order chi connectivity index (χ1) is 14.6. The molecule has 1 saturated heterocycles. The van der Waals surface area contributed by atoms with Gasteiger partial charge in [0.2, 0.25) is 5.91 Å². The highest BCUT2D eigenvalue weighted by Gasteiger charge is 2.25. The van der Waals surface area contributed by atoms with E-state index in [-0.39, 0.29) is 12.0 Å². The summed E-state index contributed by atoms with van der Waals surface area (Å²) in [6.45, 7) is 4.87. The monoisotopic (exact) mass is 411 g/mol. The average molecular weight is 412 g/mol.